The van der Waals surface area contributed by atoms with Crippen LogP contribution in [0.2, 0.25) is 0 Å². The third kappa shape index (κ3) is 1.94. The van der Waals surface area contributed by atoms with Gasteiger partial charge in [-0.2, -0.15) is 0 Å². The van der Waals surface area contributed by atoms with Crippen LogP contribution in [0.4, 0.5) is 0 Å². The molecule has 72 valence electrons. The van der Waals surface area contributed by atoms with Crippen LogP contribution < -0.4 is 5.69 Å². The van der Waals surface area contributed by atoms with Crippen molar-refractivity contribution in [3.8, 4) is 0 Å². The first-order chi connectivity index (χ1) is 6.18. The van der Waals surface area contributed by atoms with Crippen LogP contribution in [0.15, 0.2) is 9.95 Å². The lowest BCUT2D eigenvalue weighted by Gasteiger charge is -2.37. The number of hydrogen-bond acceptors (Lipinski definition) is 4. The molecule has 13 heavy (non-hydrogen) atoms. The van der Waals surface area contributed by atoms with Gasteiger partial charge in [-0.05, 0) is 0 Å². The van der Waals surface area contributed by atoms with E-state index in [1.165, 1.54) is 0 Å². The molecule has 2 rings (SSSR count). The highest BCUT2D eigenvalue weighted by Crippen LogP contribution is 2.32. The van der Waals surface area contributed by atoms with Gasteiger partial charge in [0, 0.05) is 11.2 Å². The number of ether oxygens (including phenoxy) is 1. The predicted molar refractivity (Wildman–Crippen MR) is 48.9 cm³/mol. The maximum absolute atomic E-state index is 10.7. The minimum atomic E-state index is -0.252. The largest absolute Gasteiger partial charge is 0.380 e. The summed E-state index contributed by atoms with van der Waals surface area (Å²) in [5.41, 5.74) is -0.00180. The summed E-state index contributed by atoms with van der Waals surface area (Å²) in [6, 6.07) is 0. The molecular weight excluding hydrogens is 190 g/mol. The zero-order valence-corrected chi connectivity index (χ0v) is 8.11. The van der Waals surface area contributed by atoms with Crippen molar-refractivity contribution >= 4 is 11.8 Å². The molecule has 0 aromatic carbocycles. The van der Waals surface area contributed by atoms with Gasteiger partial charge in [0.15, 0.2) is 5.16 Å². The lowest BCUT2D eigenvalue weighted by Crippen LogP contribution is -2.41. The highest BCUT2D eigenvalue weighted by Gasteiger charge is 2.33. The van der Waals surface area contributed by atoms with E-state index in [2.05, 4.69) is 22.1 Å². The van der Waals surface area contributed by atoms with Crippen molar-refractivity contribution in [2.45, 2.75) is 12.1 Å². The quantitative estimate of drug-likeness (QED) is 0.687. The van der Waals surface area contributed by atoms with Crippen LogP contribution in [0, 0.1) is 5.41 Å². The average Bonchev–Trinajstić information content (AvgIpc) is 2.44. The molecule has 0 saturated carbocycles. The Bertz CT molecular complexity index is 342. The normalized spacial score (nSPS) is 19.8. The van der Waals surface area contributed by atoms with E-state index < -0.39 is 0 Å². The summed E-state index contributed by atoms with van der Waals surface area (Å²) in [4.78, 5) is 13.3. The second-order valence-electron chi connectivity index (χ2n) is 3.58. The van der Waals surface area contributed by atoms with E-state index in [0.717, 1.165) is 19.0 Å². The first kappa shape index (κ1) is 8.83. The summed E-state index contributed by atoms with van der Waals surface area (Å²) in [6.45, 7) is 3.76. The third-order valence-electron chi connectivity index (χ3n) is 1.94. The van der Waals surface area contributed by atoms with Gasteiger partial charge in [-0.25, -0.2) is 9.89 Å². The summed E-state index contributed by atoms with van der Waals surface area (Å²) in [5, 5.41) is 6.79. The van der Waals surface area contributed by atoms with Crippen LogP contribution in [0.5, 0.6) is 0 Å². The molecule has 6 heteroatoms. The average molecular weight is 201 g/mol. The summed E-state index contributed by atoms with van der Waals surface area (Å²) in [7, 11) is 0. The molecule has 1 aromatic heterocycles. The number of aromatic nitrogens is 3. The zero-order chi connectivity index (χ0) is 9.31. The first-order valence-electron chi connectivity index (χ1n) is 4.03. The minimum Gasteiger partial charge on any atom is -0.380 e. The Balaban J connectivity index is 1.89. The Kier molecular flexibility index (Phi) is 2.17. The van der Waals surface area contributed by atoms with Gasteiger partial charge < -0.3 is 4.74 Å². The summed E-state index contributed by atoms with van der Waals surface area (Å²) in [6.07, 6.45) is 0. The summed E-state index contributed by atoms with van der Waals surface area (Å²) in [5.74, 6) is 0.924. The van der Waals surface area contributed by atoms with Crippen molar-refractivity contribution in [2.24, 2.45) is 5.41 Å². The molecule has 1 fully saturated rings. The van der Waals surface area contributed by atoms with Crippen LogP contribution in [0.1, 0.15) is 6.92 Å². The zero-order valence-electron chi connectivity index (χ0n) is 7.29. The first-order valence-corrected chi connectivity index (χ1v) is 5.02. The van der Waals surface area contributed by atoms with Crippen molar-refractivity contribution < 1.29 is 4.74 Å². The number of thioether (sulfide) groups is 1. The van der Waals surface area contributed by atoms with E-state index in [0.29, 0.717) is 5.16 Å². The molecule has 0 radical (unpaired) electrons. The Morgan fingerprint density at radius 3 is 2.92 bits per heavy atom. The van der Waals surface area contributed by atoms with Crippen LogP contribution >= 0.6 is 11.8 Å². The molecule has 1 aliphatic heterocycles. The monoisotopic (exact) mass is 201 g/mol. The molecule has 2 heterocycles. The van der Waals surface area contributed by atoms with E-state index in [9.17, 15) is 4.79 Å². The van der Waals surface area contributed by atoms with Gasteiger partial charge in [0.2, 0.25) is 0 Å². The van der Waals surface area contributed by atoms with Crippen LogP contribution in [0.3, 0.4) is 0 Å². The van der Waals surface area contributed by atoms with E-state index in [4.69, 9.17) is 4.74 Å². The molecule has 1 aliphatic rings. The Labute approximate surface area is 79.3 Å². The maximum Gasteiger partial charge on any atom is 0.341 e. The van der Waals surface area contributed by atoms with Gasteiger partial charge in [0.05, 0.1) is 13.2 Å². The fourth-order valence-electron chi connectivity index (χ4n) is 1.10. The van der Waals surface area contributed by atoms with Gasteiger partial charge in [-0.1, -0.05) is 18.7 Å². The lowest BCUT2D eigenvalue weighted by atomic mass is 9.92. The lowest BCUT2D eigenvalue weighted by molar-refractivity contribution is -0.0861. The molecular formula is C7H11N3O2S. The van der Waals surface area contributed by atoms with Gasteiger partial charge >= 0.3 is 5.69 Å². The fourth-order valence-corrected chi connectivity index (χ4v) is 2.03. The van der Waals surface area contributed by atoms with Crippen molar-refractivity contribution in [3.05, 3.63) is 10.5 Å². The fraction of sp³-hybridized carbons (Fsp3) is 0.714. The van der Waals surface area contributed by atoms with Crippen molar-refractivity contribution in [3.63, 3.8) is 0 Å². The molecule has 0 atom stereocenters. The number of nitrogens with one attached hydrogen (secondary N) is 2. The molecule has 0 aliphatic carbocycles. The second-order valence-corrected chi connectivity index (χ2v) is 4.54. The van der Waals surface area contributed by atoms with Crippen molar-refractivity contribution in [2.75, 3.05) is 19.0 Å². The van der Waals surface area contributed by atoms with E-state index in [1.807, 2.05) is 0 Å². The van der Waals surface area contributed by atoms with E-state index in [-0.39, 0.29) is 11.1 Å². The second kappa shape index (κ2) is 3.19. The van der Waals surface area contributed by atoms with E-state index >= 15 is 0 Å². The predicted octanol–water partition coefficient (Wildman–Crippen LogP) is 0.227. The van der Waals surface area contributed by atoms with Crippen molar-refractivity contribution in [1.82, 2.24) is 15.2 Å². The number of hydrogen-bond donors (Lipinski definition) is 2. The number of nitrogens with zero attached hydrogens (tertiary/aromatic N) is 1. The molecule has 2 N–H and O–H groups in total. The number of H-pyrrole nitrogens is 2. The van der Waals surface area contributed by atoms with Gasteiger partial charge in [0.25, 0.3) is 0 Å². The topological polar surface area (TPSA) is 70.8 Å². The van der Waals surface area contributed by atoms with Crippen LogP contribution in [0.25, 0.3) is 0 Å². The molecule has 0 spiro atoms. The molecule has 0 amide bonds. The van der Waals surface area contributed by atoms with Crippen molar-refractivity contribution in [1.29, 1.82) is 0 Å². The third-order valence-corrected chi connectivity index (χ3v) is 3.25. The summed E-state index contributed by atoms with van der Waals surface area (Å²) < 4.78 is 5.12. The number of rotatable bonds is 3. The SMILES string of the molecule is CC1(CSc2n[nH]c(=O)[nH]2)COC1. The van der Waals surface area contributed by atoms with E-state index in [1.54, 1.807) is 11.8 Å². The molecule has 1 saturated heterocycles. The Morgan fingerprint density at radius 2 is 2.46 bits per heavy atom. The van der Waals surface area contributed by atoms with Crippen LogP contribution in [-0.2, 0) is 4.74 Å². The standard InChI is InChI=1S/C7H11N3O2S/c1-7(2-12-3-7)4-13-6-8-5(11)9-10-6/h2-4H2,1H3,(H2,8,9,10,11). The minimum absolute atomic E-state index is 0.251. The van der Waals surface area contributed by atoms with Crippen LogP contribution in [-0.4, -0.2) is 34.1 Å². The summed E-state index contributed by atoms with van der Waals surface area (Å²) >= 11 is 1.55. The van der Waals surface area contributed by atoms with Gasteiger partial charge in [-0.3, -0.25) is 4.98 Å². The Hall–Kier alpha value is -0.750. The maximum atomic E-state index is 10.7. The molecule has 0 bridgehead atoms. The number of aromatic amines is 2. The Morgan fingerprint density at radius 1 is 1.69 bits per heavy atom. The van der Waals surface area contributed by atoms with Gasteiger partial charge in [-0.15, -0.1) is 5.10 Å². The molecule has 0 unspecified atom stereocenters. The smallest absolute Gasteiger partial charge is 0.341 e. The van der Waals surface area contributed by atoms with Gasteiger partial charge in [0.1, 0.15) is 0 Å². The molecule has 1 aromatic rings. The highest BCUT2D eigenvalue weighted by molar-refractivity contribution is 7.99. The molecule has 5 nitrogen and oxygen atoms in total. The highest BCUT2D eigenvalue weighted by atomic mass is 32.2.